The summed E-state index contributed by atoms with van der Waals surface area (Å²) in [4.78, 5) is 0. The highest BCUT2D eigenvalue weighted by Crippen LogP contribution is 2.51. The Balaban J connectivity index is 3.91. The molecule has 0 bridgehead atoms. The van der Waals surface area contributed by atoms with E-state index in [-0.39, 0.29) is 0 Å². The quantitative estimate of drug-likeness (QED) is 0.0765. The van der Waals surface area contributed by atoms with Gasteiger partial charge >= 0.3 is 0 Å². The lowest BCUT2D eigenvalue weighted by molar-refractivity contribution is 0.246. The average molecular weight is 543 g/mol. The van der Waals surface area contributed by atoms with Gasteiger partial charge in [0.2, 0.25) is 0 Å². The summed E-state index contributed by atoms with van der Waals surface area (Å²) in [7, 11) is 5.63. The first-order chi connectivity index (χ1) is 13.9. The minimum atomic E-state index is -2.09. The zero-order chi connectivity index (χ0) is 21.8. The molecule has 0 aromatic rings. The minimum absolute atomic E-state index is 0.704. The molecular weight excluding hydrogens is 502 g/mol. The van der Waals surface area contributed by atoms with Gasteiger partial charge in [0.05, 0.1) is 26.4 Å². The zero-order valence-corrected chi connectivity index (χ0v) is 24.3. The molecule has 0 heterocycles. The lowest BCUT2D eigenvalue weighted by Gasteiger charge is -2.22. The van der Waals surface area contributed by atoms with Crippen LogP contribution in [0.2, 0.25) is 0 Å². The fourth-order valence-electron chi connectivity index (χ4n) is 1.99. The summed E-state index contributed by atoms with van der Waals surface area (Å²) in [6, 6.07) is 0. The van der Waals surface area contributed by atoms with E-state index >= 15 is 0 Å². The maximum absolute atomic E-state index is 5.88. The molecule has 29 heavy (non-hydrogen) atoms. The predicted molar refractivity (Wildman–Crippen MR) is 145 cm³/mol. The maximum atomic E-state index is 5.88. The van der Waals surface area contributed by atoms with Gasteiger partial charge in [-0.2, -0.15) is 0 Å². The van der Waals surface area contributed by atoms with Gasteiger partial charge in [0, 0.05) is 23.8 Å². The molecule has 0 rings (SSSR count). The van der Waals surface area contributed by atoms with Crippen LogP contribution < -0.4 is 0 Å². The first kappa shape index (κ1) is 31.2. The van der Waals surface area contributed by atoms with Crippen LogP contribution in [-0.2, 0) is 41.7 Å². The Morgan fingerprint density at radius 2 is 0.897 bits per heavy atom. The smallest absolute Gasteiger partial charge is 0.188 e. The normalized spacial score (nSPS) is 12.6. The molecule has 0 aliphatic carbocycles. The van der Waals surface area contributed by atoms with Gasteiger partial charge in [0.15, 0.2) is 13.0 Å². The van der Waals surface area contributed by atoms with Crippen LogP contribution in [0.25, 0.3) is 0 Å². The van der Waals surface area contributed by atoms with Gasteiger partial charge in [0.25, 0.3) is 0 Å². The van der Waals surface area contributed by atoms with Crippen molar-refractivity contribution in [3.63, 3.8) is 0 Å². The third-order valence-corrected chi connectivity index (χ3v) is 14.2. The Kier molecular flexibility index (Phi) is 22.3. The van der Waals surface area contributed by atoms with Gasteiger partial charge in [-0.3, -0.25) is 0 Å². The second-order valence-electron chi connectivity index (χ2n) is 6.42. The predicted octanol–water partition coefficient (Wildman–Crippen LogP) is 8.12. The average Bonchev–Trinajstić information content (AvgIpc) is 2.72. The highest BCUT2D eigenvalue weighted by Gasteiger charge is 2.19. The van der Waals surface area contributed by atoms with Gasteiger partial charge in [-0.05, 0) is 72.0 Å². The zero-order valence-electron chi connectivity index (χ0n) is 18.5. The molecule has 0 N–H and O–H groups in total. The fraction of sp³-hybridized carbons (Fsp3) is 1.00. The third-order valence-electron chi connectivity index (χ3n) is 3.38. The van der Waals surface area contributed by atoms with Crippen molar-refractivity contribution < 1.29 is 18.1 Å². The van der Waals surface area contributed by atoms with Crippen molar-refractivity contribution in [3.05, 3.63) is 0 Å². The molecule has 0 aliphatic rings. The molecule has 0 aromatic heterocycles. The molecule has 0 atom stereocenters. The lowest BCUT2D eigenvalue weighted by Crippen LogP contribution is -2.02. The Morgan fingerprint density at radius 1 is 0.586 bits per heavy atom. The van der Waals surface area contributed by atoms with Gasteiger partial charge in [0.1, 0.15) is 0 Å². The van der Waals surface area contributed by atoms with E-state index < -0.39 is 13.0 Å². The van der Waals surface area contributed by atoms with Crippen LogP contribution >= 0.6 is 44.4 Å². The summed E-state index contributed by atoms with van der Waals surface area (Å²) in [5, 5.41) is 0. The summed E-state index contributed by atoms with van der Waals surface area (Å²) in [6.07, 6.45) is 7.75. The SMILES string of the molecule is CCCOP(=S)(CCCSSSCCCP(=S)(OCCC)OCCC)OCCC. The van der Waals surface area contributed by atoms with Crippen LogP contribution in [0.1, 0.15) is 66.2 Å². The van der Waals surface area contributed by atoms with Gasteiger partial charge in [-0.15, -0.1) is 0 Å². The second kappa shape index (κ2) is 20.8. The summed E-state index contributed by atoms with van der Waals surface area (Å²) in [5.74, 6) is 2.14. The van der Waals surface area contributed by atoms with Crippen molar-refractivity contribution in [1.29, 1.82) is 0 Å². The van der Waals surface area contributed by atoms with Crippen LogP contribution in [-0.4, -0.2) is 50.3 Å². The molecule has 0 unspecified atom stereocenters. The summed E-state index contributed by atoms with van der Waals surface area (Å²) in [6.45, 7) is 7.06. The Morgan fingerprint density at radius 3 is 1.17 bits per heavy atom. The molecule has 0 saturated heterocycles. The van der Waals surface area contributed by atoms with Crippen molar-refractivity contribution in [2.75, 3.05) is 50.3 Å². The van der Waals surface area contributed by atoms with Crippen molar-refractivity contribution in [3.8, 4) is 0 Å². The van der Waals surface area contributed by atoms with Gasteiger partial charge in [-0.1, -0.05) is 49.3 Å². The number of hydrogen-bond donors (Lipinski definition) is 0. The van der Waals surface area contributed by atoms with E-state index in [4.69, 9.17) is 41.7 Å². The summed E-state index contributed by atoms with van der Waals surface area (Å²) in [5.41, 5.74) is 0. The molecule has 0 spiro atoms. The van der Waals surface area contributed by atoms with Crippen LogP contribution in [0.3, 0.4) is 0 Å². The van der Waals surface area contributed by atoms with Crippen LogP contribution in [0.5, 0.6) is 0 Å². The monoisotopic (exact) mass is 542 g/mol. The van der Waals surface area contributed by atoms with Gasteiger partial charge in [-0.25, -0.2) is 0 Å². The molecule has 0 aromatic carbocycles. The fourth-order valence-corrected chi connectivity index (χ4v) is 11.6. The molecule has 0 fully saturated rings. The van der Waals surface area contributed by atoms with E-state index in [0.29, 0.717) is 26.4 Å². The van der Waals surface area contributed by atoms with Crippen molar-refractivity contribution in [1.82, 2.24) is 0 Å². The number of hydrogen-bond acceptors (Lipinski definition) is 9. The highest BCUT2D eigenvalue weighted by molar-refractivity contribution is 9.09. The van der Waals surface area contributed by atoms with Gasteiger partial charge < -0.3 is 18.1 Å². The molecule has 176 valence electrons. The van der Waals surface area contributed by atoms with Crippen molar-refractivity contribution >= 4 is 68.0 Å². The van der Waals surface area contributed by atoms with E-state index in [1.807, 2.05) is 31.4 Å². The molecular formula is C18H40O4P2S5. The minimum Gasteiger partial charge on any atom is -0.329 e. The van der Waals surface area contributed by atoms with E-state index in [0.717, 1.165) is 62.4 Å². The van der Waals surface area contributed by atoms with Crippen LogP contribution in [0.4, 0.5) is 0 Å². The molecule has 0 amide bonds. The van der Waals surface area contributed by atoms with Crippen LogP contribution in [0.15, 0.2) is 0 Å². The highest BCUT2D eigenvalue weighted by atomic mass is 33.5. The van der Waals surface area contributed by atoms with E-state index in [2.05, 4.69) is 27.7 Å². The maximum Gasteiger partial charge on any atom is 0.188 e. The molecule has 11 heteroatoms. The Bertz CT molecular complexity index is 408. The molecule has 4 nitrogen and oxygen atoms in total. The van der Waals surface area contributed by atoms with Crippen molar-refractivity contribution in [2.24, 2.45) is 0 Å². The Labute approximate surface area is 201 Å². The second-order valence-corrected chi connectivity index (χ2v) is 18.6. The largest absolute Gasteiger partial charge is 0.329 e. The Hall–Kier alpha value is 2.19. The summed E-state index contributed by atoms with van der Waals surface area (Å²) < 4.78 is 23.5. The van der Waals surface area contributed by atoms with E-state index in [1.165, 1.54) is 0 Å². The standard InChI is InChI=1S/C18H40O4P2S5/c1-5-11-19-23(25,20-12-6-2)15-9-17-27-29-28-18-10-16-24(26,21-13-7-3)22-14-8-4/h5-18H2,1-4H3. The third kappa shape index (κ3) is 18.3. The topological polar surface area (TPSA) is 36.9 Å². The molecule has 0 aliphatic heterocycles. The first-order valence-electron chi connectivity index (χ1n) is 10.6. The molecule has 0 radical (unpaired) electrons. The number of rotatable bonds is 22. The van der Waals surface area contributed by atoms with E-state index in [1.54, 1.807) is 0 Å². The van der Waals surface area contributed by atoms with Crippen LogP contribution in [0, 0.1) is 0 Å². The summed E-state index contributed by atoms with van der Waals surface area (Å²) >= 11 is 11.4. The first-order valence-corrected chi connectivity index (χ1v) is 20.1. The van der Waals surface area contributed by atoms with E-state index in [9.17, 15) is 0 Å². The van der Waals surface area contributed by atoms with Crippen molar-refractivity contribution in [2.45, 2.75) is 66.2 Å². The molecule has 0 saturated carbocycles. The lowest BCUT2D eigenvalue weighted by atomic mass is 10.5.